The molecule has 4 rings (SSSR count). The fraction of sp³-hybridized carbons (Fsp3) is 0.200. The van der Waals surface area contributed by atoms with E-state index in [9.17, 15) is 0 Å². The number of nitrogens with one attached hydrogen (secondary N) is 1. The first kappa shape index (κ1) is 11.7. The zero-order valence-electron chi connectivity index (χ0n) is 10.8. The first-order chi connectivity index (χ1) is 9.81. The first-order valence-corrected chi connectivity index (χ1v) is 6.98. The summed E-state index contributed by atoms with van der Waals surface area (Å²) in [7, 11) is 0. The summed E-state index contributed by atoms with van der Waals surface area (Å²) in [4.78, 5) is 6.57. The fourth-order valence-corrected chi connectivity index (χ4v) is 3.06. The molecule has 3 heterocycles. The van der Waals surface area contributed by atoms with Gasteiger partial charge in [-0.25, -0.2) is 0 Å². The van der Waals surface area contributed by atoms with Gasteiger partial charge in [-0.2, -0.15) is 5.10 Å². The Balaban J connectivity index is 1.79. The quantitative estimate of drug-likeness (QED) is 0.746. The van der Waals surface area contributed by atoms with Crippen LogP contribution in [0, 0.1) is 0 Å². The van der Waals surface area contributed by atoms with Crippen molar-refractivity contribution in [2.24, 2.45) is 0 Å². The number of H-pyrrole nitrogens is 1. The molecule has 20 heavy (non-hydrogen) atoms. The number of rotatable bonds is 1. The minimum atomic E-state index is 0.730. The Kier molecular flexibility index (Phi) is 2.63. The Hall–Kier alpha value is -2.07. The van der Waals surface area contributed by atoms with Crippen LogP contribution in [0.3, 0.4) is 0 Å². The summed E-state index contributed by atoms with van der Waals surface area (Å²) < 4.78 is 0. The molecule has 0 atom stereocenters. The molecule has 0 saturated heterocycles. The van der Waals surface area contributed by atoms with Crippen LogP contribution < -0.4 is 4.90 Å². The zero-order valence-corrected chi connectivity index (χ0v) is 11.6. The standard InChI is InChI=1S/C15H13ClN4/c16-12-5-14-13(8-18-19-14)15(6-12)20-4-2-10-1-3-17-7-11(10)9-20/h1,3,5-8H,2,4,9H2,(H,18,19). The van der Waals surface area contributed by atoms with E-state index in [4.69, 9.17) is 11.6 Å². The molecule has 1 N–H and O–H groups in total. The molecule has 3 aromatic rings. The summed E-state index contributed by atoms with van der Waals surface area (Å²) in [6.45, 7) is 1.85. The molecule has 0 radical (unpaired) electrons. The molecule has 0 saturated carbocycles. The number of hydrogen-bond acceptors (Lipinski definition) is 3. The predicted octanol–water partition coefficient (Wildman–Crippen LogP) is 3.17. The number of aromatic amines is 1. The van der Waals surface area contributed by atoms with Gasteiger partial charge in [0.1, 0.15) is 0 Å². The van der Waals surface area contributed by atoms with Gasteiger partial charge in [0, 0.05) is 41.6 Å². The second-order valence-corrected chi connectivity index (χ2v) is 5.51. The highest BCUT2D eigenvalue weighted by atomic mass is 35.5. The molecule has 0 unspecified atom stereocenters. The SMILES string of the molecule is Clc1cc(N2CCc3ccncc3C2)c2cn[nH]c2c1. The van der Waals surface area contributed by atoms with Crippen molar-refractivity contribution in [2.45, 2.75) is 13.0 Å². The van der Waals surface area contributed by atoms with Crippen molar-refractivity contribution >= 4 is 28.2 Å². The molecule has 1 aromatic carbocycles. The number of pyridine rings is 1. The molecule has 2 aromatic heterocycles. The van der Waals surface area contributed by atoms with Gasteiger partial charge in [-0.3, -0.25) is 10.1 Å². The molecular formula is C15H13ClN4. The number of benzene rings is 1. The maximum Gasteiger partial charge on any atom is 0.0686 e. The van der Waals surface area contributed by atoms with Crippen molar-refractivity contribution in [3.05, 3.63) is 52.9 Å². The number of halogens is 1. The summed E-state index contributed by atoms with van der Waals surface area (Å²) in [5.41, 5.74) is 4.79. The maximum atomic E-state index is 6.21. The van der Waals surface area contributed by atoms with Crippen molar-refractivity contribution in [3.8, 4) is 0 Å². The van der Waals surface area contributed by atoms with E-state index in [1.54, 1.807) is 0 Å². The molecule has 1 aliphatic heterocycles. The van der Waals surface area contributed by atoms with Crippen LogP contribution in [0.15, 0.2) is 36.8 Å². The second-order valence-electron chi connectivity index (χ2n) is 5.07. The van der Waals surface area contributed by atoms with Gasteiger partial charge in [-0.15, -0.1) is 0 Å². The van der Waals surface area contributed by atoms with Gasteiger partial charge < -0.3 is 4.90 Å². The Labute approximate surface area is 121 Å². The second kappa shape index (κ2) is 4.49. The van der Waals surface area contributed by atoms with E-state index in [2.05, 4.69) is 26.1 Å². The molecule has 0 spiro atoms. The minimum absolute atomic E-state index is 0.730. The number of hydrogen-bond donors (Lipinski definition) is 1. The number of anilines is 1. The number of fused-ring (bicyclic) bond motifs is 2. The van der Waals surface area contributed by atoms with Crippen molar-refractivity contribution in [1.82, 2.24) is 15.2 Å². The van der Waals surface area contributed by atoms with E-state index in [0.717, 1.165) is 41.1 Å². The van der Waals surface area contributed by atoms with Gasteiger partial charge in [0.05, 0.1) is 11.7 Å². The predicted molar refractivity (Wildman–Crippen MR) is 80.1 cm³/mol. The minimum Gasteiger partial charge on any atom is -0.366 e. The third-order valence-electron chi connectivity index (χ3n) is 3.86. The van der Waals surface area contributed by atoms with E-state index in [1.807, 2.05) is 30.7 Å². The van der Waals surface area contributed by atoms with Gasteiger partial charge in [0.15, 0.2) is 0 Å². The van der Waals surface area contributed by atoms with E-state index in [1.165, 1.54) is 11.1 Å². The Morgan fingerprint density at radius 2 is 2.15 bits per heavy atom. The lowest BCUT2D eigenvalue weighted by Gasteiger charge is -2.31. The monoisotopic (exact) mass is 284 g/mol. The molecule has 5 heteroatoms. The lowest BCUT2D eigenvalue weighted by Crippen LogP contribution is -2.30. The van der Waals surface area contributed by atoms with Gasteiger partial charge in [0.2, 0.25) is 0 Å². The average molecular weight is 285 g/mol. The topological polar surface area (TPSA) is 44.8 Å². The first-order valence-electron chi connectivity index (χ1n) is 6.60. The largest absolute Gasteiger partial charge is 0.366 e. The highest BCUT2D eigenvalue weighted by Gasteiger charge is 2.19. The van der Waals surface area contributed by atoms with Crippen LogP contribution in [0.2, 0.25) is 5.02 Å². The highest BCUT2D eigenvalue weighted by Crippen LogP contribution is 2.32. The summed E-state index contributed by atoms with van der Waals surface area (Å²) in [6.07, 6.45) is 6.71. The Morgan fingerprint density at radius 1 is 1.20 bits per heavy atom. The van der Waals surface area contributed by atoms with Crippen molar-refractivity contribution in [1.29, 1.82) is 0 Å². The van der Waals surface area contributed by atoms with Crippen LogP contribution in [0.5, 0.6) is 0 Å². The van der Waals surface area contributed by atoms with Crippen LogP contribution in [0.1, 0.15) is 11.1 Å². The Morgan fingerprint density at radius 3 is 3.10 bits per heavy atom. The van der Waals surface area contributed by atoms with Gasteiger partial charge in [-0.1, -0.05) is 11.6 Å². The van der Waals surface area contributed by atoms with Crippen molar-refractivity contribution in [3.63, 3.8) is 0 Å². The van der Waals surface area contributed by atoms with Gasteiger partial charge in [-0.05, 0) is 35.7 Å². The molecule has 0 fully saturated rings. The van der Waals surface area contributed by atoms with Crippen LogP contribution in [-0.2, 0) is 13.0 Å². The van der Waals surface area contributed by atoms with Crippen LogP contribution in [0.4, 0.5) is 5.69 Å². The number of aromatic nitrogens is 3. The zero-order chi connectivity index (χ0) is 13.5. The summed E-state index contributed by atoms with van der Waals surface area (Å²) in [5, 5.41) is 8.95. The van der Waals surface area contributed by atoms with Crippen molar-refractivity contribution < 1.29 is 0 Å². The summed E-state index contributed by atoms with van der Waals surface area (Å²) in [5.74, 6) is 0. The molecule has 4 nitrogen and oxygen atoms in total. The fourth-order valence-electron chi connectivity index (χ4n) is 2.85. The third-order valence-corrected chi connectivity index (χ3v) is 4.08. The van der Waals surface area contributed by atoms with Gasteiger partial charge >= 0.3 is 0 Å². The molecule has 1 aliphatic rings. The van der Waals surface area contributed by atoms with Crippen molar-refractivity contribution in [2.75, 3.05) is 11.4 Å². The lowest BCUT2D eigenvalue weighted by molar-refractivity contribution is 0.730. The van der Waals surface area contributed by atoms with Crippen LogP contribution in [-0.4, -0.2) is 21.7 Å². The third kappa shape index (κ3) is 1.84. The lowest BCUT2D eigenvalue weighted by atomic mass is 10.0. The Bertz CT molecular complexity index is 780. The maximum absolute atomic E-state index is 6.21. The van der Waals surface area contributed by atoms with Crippen LogP contribution in [0.25, 0.3) is 10.9 Å². The molecule has 0 aliphatic carbocycles. The van der Waals surface area contributed by atoms with E-state index in [-0.39, 0.29) is 0 Å². The molecular weight excluding hydrogens is 272 g/mol. The molecule has 0 amide bonds. The summed E-state index contributed by atoms with van der Waals surface area (Å²) in [6, 6.07) is 6.03. The molecule has 0 bridgehead atoms. The smallest absolute Gasteiger partial charge is 0.0686 e. The normalized spacial score (nSPS) is 14.6. The molecule has 100 valence electrons. The van der Waals surface area contributed by atoms with E-state index in [0.29, 0.717) is 0 Å². The highest BCUT2D eigenvalue weighted by molar-refractivity contribution is 6.31. The van der Waals surface area contributed by atoms with Gasteiger partial charge in [0.25, 0.3) is 0 Å². The average Bonchev–Trinajstić information content (AvgIpc) is 2.94. The van der Waals surface area contributed by atoms with E-state index < -0.39 is 0 Å². The number of nitrogens with zero attached hydrogens (tertiary/aromatic N) is 3. The summed E-state index contributed by atoms with van der Waals surface area (Å²) >= 11 is 6.21. The van der Waals surface area contributed by atoms with E-state index >= 15 is 0 Å². The van der Waals surface area contributed by atoms with Crippen LogP contribution >= 0.6 is 11.6 Å².